The van der Waals surface area contributed by atoms with Crippen LogP contribution in [0, 0.1) is 5.82 Å². The Balaban J connectivity index is 1.98. The number of hydrogen-bond acceptors (Lipinski definition) is 5. The zero-order valence-corrected chi connectivity index (χ0v) is 15.0. The van der Waals surface area contributed by atoms with E-state index in [4.69, 9.17) is 27.9 Å². The molecule has 134 valence electrons. The predicted molar refractivity (Wildman–Crippen MR) is 99.7 cm³/mol. The highest BCUT2D eigenvalue weighted by atomic mass is 35.5. The van der Waals surface area contributed by atoms with Crippen LogP contribution >= 0.6 is 23.2 Å². The predicted octanol–water partition coefficient (Wildman–Crippen LogP) is 4.40. The number of nitrogens with one attached hydrogen (secondary N) is 2. The van der Waals surface area contributed by atoms with Crippen molar-refractivity contribution >= 4 is 57.2 Å². The van der Waals surface area contributed by atoms with Crippen LogP contribution < -0.4 is 10.6 Å². The molecule has 0 fully saturated rings. The highest BCUT2D eigenvalue weighted by Gasteiger charge is 2.11. The lowest BCUT2D eigenvalue weighted by Crippen LogP contribution is -2.17. The summed E-state index contributed by atoms with van der Waals surface area (Å²) in [5, 5.41) is 6.49. The maximum absolute atomic E-state index is 14.1. The first kappa shape index (κ1) is 18.3. The quantitative estimate of drug-likeness (QED) is 0.627. The third-order valence-corrected chi connectivity index (χ3v) is 4.18. The lowest BCUT2D eigenvalue weighted by molar-refractivity contribution is -0.119. The lowest BCUT2D eigenvalue weighted by atomic mass is 10.2. The molecule has 0 radical (unpaired) electrons. The molecule has 0 saturated carbocycles. The highest BCUT2D eigenvalue weighted by molar-refractivity contribution is 6.42. The third-order valence-electron chi connectivity index (χ3n) is 3.46. The number of fused-ring (bicyclic) bond motifs is 1. The maximum Gasteiger partial charge on any atom is 0.250 e. The molecule has 3 aromatic rings. The Hall–Kier alpha value is -2.48. The smallest absolute Gasteiger partial charge is 0.250 e. The Morgan fingerprint density at radius 3 is 2.73 bits per heavy atom. The summed E-state index contributed by atoms with van der Waals surface area (Å²) in [7, 11) is 1.43. The number of methoxy groups -OCH3 is 1. The molecule has 1 amide bonds. The van der Waals surface area contributed by atoms with Crippen LogP contribution in [0.4, 0.5) is 21.6 Å². The average molecular weight is 395 g/mol. The number of ether oxygens (including phenoxy) is 1. The summed E-state index contributed by atoms with van der Waals surface area (Å²) in [6.07, 6.45) is 1.35. The van der Waals surface area contributed by atoms with Crippen molar-refractivity contribution in [3.05, 3.63) is 52.5 Å². The summed E-state index contributed by atoms with van der Waals surface area (Å²) in [6, 6.07) is 7.59. The van der Waals surface area contributed by atoms with Gasteiger partial charge in [0.2, 0.25) is 5.91 Å². The molecule has 0 aliphatic carbocycles. The minimum atomic E-state index is -0.573. The van der Waals surface area contributed by atoms with Crippen molar-refractivity contribution in [2.24, 2.45) is 0 Å². The van der Waals surface area contributed by atoms with Crippen molar-refractivity contribution in [2.45, 2.75) is 0 Å². The van der Waals surface area contributed by atoms with Gasteiger partial charge in [-0.05, 0) is 30.3 Å². The first-order valence-corrected chi connectivity index (χ1v) is 8.18. The van der Waals surface area contributed by atoms with Crippen LogP contribution in [0.15, 0.2) is 36.7 Å². The fourth-order valence-electron chi connectivity index (χ4n) is 2.31. The molecule has 2 N–H and O–H groups in total. The fraction of sp³-hybridized carbons (Fsp3) is 0.118. The van der Waals surface area contributed by atoms with Gasteiger partial charge in [0.15, 0.2) is 0 Å². The zero-order valence-electron chi connectivity index (χ0n) is 13.5. The number of halogens is 3. The molecule has 26 heavy (non-hydrogen) atoms. The second-order valence-corrected chi connectivity index (χ2v) is 6.12. The molecule has 0 atom stereocenters. The Kier molecular flexibility index (Phi) is 5.51. The Morgan fingerprint density at radius 1 is 1.19 bits per heavy atom. The highest BCUT2D eigenvalue weighted by Crippen LogP contribution is 2.31. The fourth-order valence-corrected chi connectivity index (χ4v) is 2.62. The Labute approximate surface area is 158 Å². The number of carbonyl (C=O) groups is 1. The summed E-state index contributed by atoms with van der Waals surface area (Å²) < 4.78 is 18.9. The molecule has 9 heteroatoms. The number of amides is 1. The Morgan fingerprint density at radius 2 is 1.96 bits per heavy atom. The second kappa shape index (κ2) is 7.82. The summed E-state index contributed by atoms with van der Waals surface area (Å²) in [5.41, 5.74) is 1.27. The average Bonchev–Trinajstić information content (AvgIpc) is 2.60. The van der Waals surface area contributed by atoms with Crippen LogP contribution in [-0.2, 0) is 9.53 Å². The molecule has 1 aromatic heterocycles. The molecule has 0 aliphatic heterocycles. The van der Waals surface area contributed by atoms with E-state index in [0.29, 0.717) is 22.4 Å². The number of hydrogen-bond donors (Lipinski definition) is 2. The van der Waals surface area contributed by atoms with Crippen molar-refractivity contribution in [1.29, 1.82) is 0 Å². The number of aromatic nitrogens is 2. The van der Waals surface area contributed by atoms with E-state index in [-0.39, 0.29) is 28.2 Å². The van der Waals surface area contributed by atoms with E-state index in [2.05, 4.69) is 20.6 Å². The van der Waals surface area contributed by atoms with Crippen LogP contribution in [0.1, 0.15) is 0 Å². The third kappa shape index (κ3) is 4.01. The summed E-state index contributed by atoms with van der Waals surface area (Å²) >= 11 is 11.8. The van der Waals surface area contributed by atoms with Crippen molar-refractivity contribution in [3.63, 3.8) is 0 Å². The molecular weight excluding hydrogens is 382 g/mol. The minimum Gasteiger partial charge on any atom is -0.375 e. The molecule has 1 heterocycles. The topological polar surface area (TPSA) is 76.1 Å². The first-order chi connectivity index (χ1) is 12.5. The Bertz CT molecular complexity index is 984. The number of rotatable bonds is 5. The van der Waals surface area contributed by atoms with E-state index >= 15 is 0 Å². The summed E-state index contributed by atoms with van der Waals surface area (Å²) in [4.78, 5) is 20.0. The molecule has 2 aromatic carbocycles. The van der Waals surface area contributed by atoms with Crippen LogP contribution in [-0.4, -0.2) is 29.6 Å². The molecule has 0 bridgehead atoms. The van der Waals surface area contributed by atoms with Gasteiger partial charge >= 0.3 is 0 Å². The van der Waals surface area contributed by atoms with E-state index < -0.39 is 5.82 Å². The van der Waals surface area contributed by atoms with Gasteiger partial charge in [-0.25, -0.2) is 14.4 Å². The molecule has 3 rings (SSSR count). The molecule has 0 saturated heterocycles. The molecule has 0 aliphatic rings. The zero-order chi connectivity index (χ0) is 18.7. The standard InChI is InChI=1S/C17H13Cl2FN4O2/c1-26-7-16(25)23-9-2-3-14-10(4-9)17(22-8-21-14)24-15-6-12(19)11(18)5-13(15)20/h2-6,8H,7H2,1H3,(H,23,25)(H,21,22,24). The van der Waals surface area contributed by atoms with Gasteiger partial charge in [-0.2, -0.15) is 0 Å². The van der Waals surface area contributed by atoms with Crippen LogP contribution in [0.3, 0.4) is 0 Å². The van der Waals surface area contributed by atoms with E-state index in [1.807, 2.05) is 0 Å². The van der Waals surface area contributed by atoms with Crippen LogP contribution in [0.25, 0.3) is 10.9 Å². The van der Waals surface area contributed by atoms with Gasteiger partial charge in [-0.15, -0.1) is 0 Å². The van der Waals surface area contributed by atoms with Crippen molar-refractivity contribution in [2.75, 3.05) is 24.4 Å². The molecular formula is C17H13Cl2FN4O2. The van der Waals surface area contributed by atoms with Crippen LogP contribution in [0.5, 0.6) is 0 Å². The SMILES string of the molecule is COCC(=O)Nc1ccc2ncnc(Nc3cc(Cl)c(Cl)cc3F)c2c1. The lowest BCUT2D eigenvalue weighted by Gasteiger charge is -2.11. The van der Waals surface area contributed by atoms with E-state index in [1.165, 1.54) is 19.5 Å². The number of anilines is 3. The van der Waals surface area contributed by atoms with Gasteiger partial charge in [-0.1, -0.05) is 23.2 Å². The van der Waals surface area contributed by atoms with E-state index in [0.717, 1.165) is 6.07 Å². The molecule has 0 unspecified atom stereocenters. The number of carbonyl (C=O) groups excluding carboxylic acids is 1. The largest absolute Gasteiger partial charge is 0.375 e. The normalized spacial score (nSPS) is 10.8. The van der Waals surface area contributed by atoms with E-state index in [9.17, 15) is 9.18 Å². The number of nitrogens with zero attached hydrogens (tertiary/aromatic N) is 2. The maximum atomic E-state index is 14.1. The first-order valence-electron chi connectivity index (χ1n) is 7.43. The van der Waals surface area contributed by atoms with Gasteiger partial charge in [-0.3, -0.25) is 4.79 Å². The van der Waals surface area contributed by atoms with Gasteiger partial charge in [0.25, 0.3) is 0 Å². The summed E-state index contributed by atoms with van der Waals surface area (Å²) in [6.45, 7) is -0.0665. The van der Waals surface area contributed by atoms with Crippen molar-refractivity contribution < 1.29 is 13.9 Å². The van der Waals surface area contributed by atoms with Gasteiger partial charge < -0.3 is 15.4 Å². The van der Waals surface area contributed by atoms with Gasteiger partial charge in [0.05, 0.1) is 21.2 Å². The van der Waals surface area contributed by atoms with Crippen LogP contribution in [0.2, 0.25) is 10.0 Å². The number of benzene rings is 2. The van der Waals surface area contributed by atoms with Gasteiger partial charge in [0, 0.05) is 18.2 Å². The van der Waals surface area contributed by atoms with Crippen molar-refractivity contribution in [3.8, 4) is 0 Å². The van der Waals surface area contributed by atoms with Crippen molar-refractivity contribution in [1.82, 2.24) is 9.97 Å². The molecule has 0 spiro atoms. The minimum absolute atomic E-state index is 0.0665. The second-order valence-electron chi connectivity index (χ2n) is 5.31. The molecule has 6 nitrogen and oxygen atoms in total. The van der Waals surface area contributed by atoms with E-state index in [1.54, 1.807) is 18.2 Å². The summed E-state index contributed by atoms with van der Waals surface area (Å²) in [5.74, 6) is -0.514. The monoisotopic (exact) mass is 394 g/mol. The van der Waals surface area contributed by atoms with Gasteiger partial charge in [0.1, 0.15) is 24.6 Å².